The minimum atomic E-state index is -0.463. The summed E-state index contributed by atoms with van der Waals surface area (Å²) in [6.45, 7) is 1.93. The maximum Gasteiger partial charge on any atom is 0.248 e. The maximum atomic E-state index is 11.0. The SMILES string of the molecule is CC[C@@H](O)c1ccc(Oc2ccc(C(N)=O)cc2)cc1. The molecule has 0 aromatic heterocycles. The summed E-state index contributed by atoms with van der Waals surface area (Å²) in [5.74, 6) is 0.831. The largest absolute Gasteiger partial charge is 0.457 e. The number of ether oxygens (including phenoxy) is 1. The van der Waals surface area contributed by atoms with E-state index in [1.807, 2.05) is 19.1 Å². The Balaban J connectivity index is 2.08. The number of hydrogen-bond donors (Lipinski definition) is 2. The predicted molar refractivity (Wildman–Crippen MR) is 76.7 cm³/mol. The first-order valence-corrected chi connectivity index (χ1v) is 6.46. The van der Waals surface area contributed by atoms with Crippen molar-refractivity contribution in [3.8, 4) is 11.5 Å². The highest BCUT2D eigenvalue weighted by molar-refractivity contribution is 5.92. The fourth-order valence-electron chi connectivity index (χ4n) is 1.82. The number of rotatable bonds is 5. The van der Waals surface area contributed by atoms with Crippen LogP contribution in [-0.4, -0.2) is 11.0 Å². The Hall–Kier alpha value is -2.33. The molecule has 3 N–H and O–H groups in total. The van der Waals surface area contributed by atoms with Crippen molar-refractivity contribution in [1.29, 1.82) is 0 Å². The second-order valence-corrected chi connectivity index (χ2v) is 4.48. The topological polar surface area (TPSA) is 72.6 Å². The molecule has 0 aliphatic heterocycles. The minimum Gasteiger partial charge on any atom is -0.457 e. The van der Waals surface area contributed by atoms with Crippen molar-refractivity contribution < 1.29 is 14.6 Å². The Morgan fingerprint density at radius 2 is 1.60 bits per heavy atom. The zero-order valence-electron chi connectivity index (χ0n) is 11.2. The fourth-order valence-corrected chi connectivity index (χ4v) is 1.82. The van der Waals surface area contributed by atoms with Crippen molar-refractivity contribution >= 4 is 5.91 Å². The quantitative estimate of drug-likeness (QED) is 0.878. The highest BCUT2D eigenvalue weighted by atomic mass is 16.5. The minimum absolute atomic E-state index is 0.443. The van der Waals surface area contributed by atoms with Gasteiger partial charge in [-0.2, -0.15) is 0 Å². The van der Waals surface area contributed by atoms with Gasteiger partial charge in [0.2, 0.25) is 5.91 Å². The molecule has 0 unspecified atom stereocenters. The first-order chi connectivity index (χ1) is 9.60. The summed E-state index contributed by atoms with van der Waals surface area (Å²) in [6, 6.07) is 13.9. The van der Waals surface area contributed by atoms with Gasteiger partial charge in [0.15, 0.2) is 0 Å². The monoisotopic (exact) mass is 271 g/mol. The van der Waals surface area contributed by atoms with Crippen LogP contribution in [0.15, 0.2) is 48.5 Å². The summed E-state index contributed by atoms with van der Waals surface area (Å²) < 4.78 is 5.65. The number of carbonyl (C=O) groups is 1. The molecule has 4 heteroatoms. The van der Waals surface area contributed by atoms with Crippen LogP contribution in [0.5, 0.6) is 11.5 Å². The maximum absolute atomic E-state index is 11.0. The van der Waals surface area contributed by atoms with E-state index in [9.17, 15) is 9.90 Å². The van der Waals surface area contributed by atoms with Crippen molar-refractivity contribution in [3.05, 3.63) is 59.7 Å². The average Bonchev–Trinajstić information content (AvgIpc) is 2.48. The average molecular weight is 271 g/mol. The van der Waals surface area contributed by atoms with Crippen LogP contribution in [0.2, 0.25) is 0 Å². The van der Waals surface area contributed by atoms with Crippen LogP contribution in [0.1, 0.15) is 35.4 Å². The number of primary amides is 1. The van der Waals surface area contributed by atoms with E-state index in [2.05, 4.69) is 0 Å². The Kier molecular flexibility index (Phi) is 4.38. The van der Waals surface area contributed by atoms with Crippen molar-refractivity contribution in [3.63, 3.8) is 0 Å². The van der Waals surface area contributed by atoms with Crippen molar-refractivity contribution in [1.82, 2.24) is 0 Å². The van der Waals surface area contributed by atoms with Crippen LogP contribution in [0.25, 0.3) is 0 Å². The zero-order valence-corrected chi connectivity index (χ0v) is 11.2. The lowest BCUT2D eigenvalue weighted by atomic mass is 10.1. The summed E-state index contributed by atoms with van der Waals surface area (Å²) in [5, 5.41) is 9.71. The first kappa shape index (κ1) is 14.1. The standard InChI is InChI=1S/C16H17NO3/c1-2-15(18)11-3-7-13(8-4-11)20-14-9-5-12(6-10-14)16(17)19/h3-10,15,18H,2H2,1H3,(H2,17,19)/t15-/m1/s1. The van der Waals surface area contributed by atoms with E-state index in [1.54, 1.807) is 36.4 Å². The van der Waals surface area contributed by atoms with Gasteiger partial charge in [0.05, 0.1) is 6.10 Å². The van der Waals surface area contributed by atoms with Gasteiger partial charge in [-0.15, -0.1) is 0 Å². The Morgan fingerprint density at radius 1 is 1.10 bits per heavy atom. The second-order valence-electron chi connectivity index (χ2n) is 4.48. The molecule has 0 bridgehead atoms. The number of aliphatic hydroxyl groups is 1. The number of amides is 1. The smallest absolute Gasteiger partial charge is 0.248 e. The van der Waals surface area contributed by atoms with Crippen LogP contribution >= 0.6 is 0 Å². The zero-order chi connectivity index (χ0) is 14.5. The molecule has 0 spiro atoms. The molecule has 2 aromatic rings. The van der Waals surface area contributed by atoms with E-state index < -0.39 is 12.0 Å². The van der Waals surface area contributed by atoms with Gasteiger partial charge in [0, 0.05) is 5.56 Å². The number of benzene rings is 2. The highest BCUT2D eigenvalue weighted by Gasteiger charge is 2.05. The molecule has 0 saturated carbocycles. The number of nitrogens with two attached hydrogens (primary N) is 1. The molecular formula is C16H17NO3. The number of hydrogen-bond acceptors (Lipinski definition) is 3. The molecule has 0 heterocycles. The van der Waals surface area contributed by atoms with Crippen molar-refractivity contribution in [2.75, 3.05) is 0 Å². The van der Waals surface area contributed by atoms with E-state index in [4.69, 9.17) is 10.5 Å². The molecule has 20 heavy (non-hydrogen) atoms. The van der Waals surface area contributed by atoms with Gasteiger partial charge in [-0.25, -0.2) is 0 Å². The van der Waals surface area contributed by atoms with Gasteiger partial charge in [0.25, 0.3) is 0 Å². The predicted octanol–water partition coefficient (Wildman–Crippen LogP) is 3.02. The van der Waals surface area contributed by atoms with Gasteiger partial charge in [-0.1, -0.05) is 19.1 Å². The summed E-state index contributed by atoms with van der Waals surface area (Å²) >= 11 is 0. The first-order valence-electron chi connectivity index (χ1n) is 6.46. The molecule has 2 aromatic carbocycles. The third-order valence-corrected chi connectivity index (χ3v) is 3.03. The normalized spacial score (nSPS) is 11.9. The summed E-state index contributed by atoms with van der Waals surface area (Å²) in [4.78, 5) is 11.0. The second kappa shape index (κ2) is 6.21. The van der Waals surface area contributed by atoms with Crippen molar-refractivity contribution in [2.45, 2.75) is 19.4 Å². The van der Waals surface area contributed by atoms with Gasteiger partial charge >= 0.3 is 0 Å². The lowest BCUT2D eigenvalue weighted by Crippen LogP contribution is -2.10. The van der Waals surface area contributed by atoms with Crippen LogP contribution in [0.4, 0.5) is 0 Å². The summed E-state index contributed by atoms with van der Waals surface area (Å²) in [6.07, 6.45) is 0.230. The molecular weight excluding hydrogens is 254 g/mol. The van der Waals surface area contributed by atoms with Crippen LogP contribution in [-0.2, 0) is 0 Å². The molecule has 2 rings (SSSR count). The molecule has 0 radical (unpaired) electrons. The molecule has 0 fully saturated rings. The van der Waals surface area contributed by atoms with E-state index in [0.717, 1.165) is 5.56 Å². The van der Waals surface area contributed by atoms with Gasteiger partial charge in [0.1, 0.15) is 11.5 Å². The van der Waals surface area contributed by atoms with Gasteiger partial charge in [-0.05, 0) is 48.4 Å². The van der Waals surface area contributed by atoms with E-state index >= 15 is 0 Å². The van der Waals surface area contributed by atoms with Crippen molar-refractivity contribution in [2.24, 2.45) is 5.73 Å². The van der Waals surface area contributed by atoms with Crippen LogP contribution in [0, 0.1) is 0 Å². The van der Waals surface area contributed by atoms with E-state index in [1.165, 1.54) is 0 Å². The molecule has 1 atom stereocenters. The number of carbonyl (C=O) groups excluding carboxylic acids is 1. The molecule has 0 saturated heterocycles. The number of aliphatic hydroxyl groups excluding tert-OH is 1. The van der Waals surface area contributed by atoms with E-state index in [0.29, 0.717) is 23.5 Å². The Morgan fingerprint density at radius 3 is 2.05 bits per heavy atom. The molecule has 1 amide bonds. The third-order valence-electron chi connectivity index (χ3n) is 3.03. The molecule has 0 aliphatic rings. The Labute approximate surface area is 117 Å². The molecule has 0 aliphatic carbocycles. The fraction of sp³-hybridized carbons (Fsp3) is 0.188. The van der Waals surface area contributed by atoms with Crippen LogP contribution < -0.4 is 10.5 Å². The van der Waals surface area contributed by atoms with E-state index in [-0.39, 0.29) is 0 Å². The molecule has 4 nitrogen and oxygen atoms in total. The lowest BCUT2D eigenvalue weighted by molar-refractivity contribution is 0.100. The van der Waals surface area contributed by atoms with Crippen LogP contribution in [0.3, 0.4) is 0 Å². The Bertz CT molecular complexity index is 576. The summed E-state index contributed by atoms with van der Waals surface area (Å²) in [5.41, 5.74) is 6.48. The summed E-state index contributed by atoms with van der Waals surface area (Å²) in [7, 11) is 0. The third kappa shape index (κ3) is 3.36. The highest BCUT2D eigenvalue weighted by Crippen LogP contribution is 2.24. The molecule has 104 valence electrons. The lowest BCUT2D eigenvalue weighted by Gasteiger charge is -2.10. The van der Waals surface area contributed by atoms with Gasteiger partial charge < -0.3 is 15.6 Å². The van der Waals surface area contributed by atoms with Gasteiger partial charge in [-0.3, -0.25) is 4.79 Å².